The van der Waals surface area contributed by atoms with Gasteiger partial charge < -0.3 is 14.6 Å². The van der Waals surface area contributed by atoms with Crippen molar-refractivity contribution in [3.05, 3.63) is 83.2 Å². The number of methoxy groups -OCH3 is 1. The Hall–Kier alpha value is -3.12. The SMILES string of the molecule is COc1ccccc1NC(=S)N/N=C/c1cccn1Cc1cc(C)ccc1C. The summed E-state index contributed by atoms with van der Waals surface area (Å²) in [7, 11) is 1.62. The molecular weight excluding hydrogens is 368 g/mol. The third kappa shape index (κ3) is 4.98. The first-order valence-corrected chi connectivity index (χ1v) is 9.42. The van der Waals surface area contributed by atoms with Gasteiger partial charge >= 0.3 is 0 Å². The van der Waals surface area contributed by atoms with Crippen LogP contribution in [0.3, 0.4) is 0 Å². The van der Waals surface area contributed by atoms with Crippen molar-refractivity contribution in [2.45, 2.75) is 20.4 Å². The first-order valence-electron chi connectivity index (χ1n) is 9.01. The summed E-state index contributed by atoms with van der Waals surface area (Å²) in [6.07, 6.45) is 3.82. The van der Waals surface area contributed by atoms with Crippen molar-refractivity contribution < 1.29 is 4.74 Å². The highest BCUT2D eigenvalue weighted by atomic mass is 32.1. The van der Waals surface area contributed by atoms with Gasteiger partial charge in [-0.1, -0.05) is 35.9 Å². The predicted octanol–water partition coefficient (Wildman–Crippen LogP) is 4.48. The average molecular weight is 393 g/mol. The summed E-state index contributed by atoms with van der Waals surface area (Å²) in [6, 6.07) is 18.1. The van der Waals surface area contributed by atoms with Crippen molar-refractivity contribution in [1.29, 1.82) is 0 Å². The normalized spacial score (nSPS) is 10.8. The summed E-state index contributed by atoms with van der Waals surface area (Å²) in [5, 5.41) is 7.75. The maximum absolute atomic E-state index is 5.31. The van der Waals surface area contributed by atoms with E-state index in [9.17, 15) is 0 Å². The molecule has 0 saturated heterocycles. The van der Waals surface area contributed by atoms with Crippen LogP contribution in [0.25, 0.3) is 0 Å². The minimum atomic E-state index is 0.397. The van der Waals surface area contributed by atoms with Crippen LogP contribution in [-0.2, 0) is 6.54 Å². The molecule has 6 heteroatoms. The summed E-state index contributed by atoms with van der Waals surface area (Å²) < 4.78 is 7.46. The molecular formula is C22H24N4OS. The van der Waals surface area contributed by atoms with Gasteiger partial charge in [-0.25, -0.2) is 0 Å². The van der Waals surface area contributed by atoms with Crippen LogP contribution in [0.5, 0.6) is 5.75 Å². The number of thiocarbonyl (C=S) groups is 1. The molecule has 0 aliphatic rings. The monoisotopic (exact) mass is 392 g/mol. The topological polar surface area (TPSA) is 50.6 Å². The molecule has 0 unspecified atom stereocenters. The van der Waals surface area contributed by atoms with Crippen LogP contribution in [-0.4, -0.2) is 23.0 Å². The molecule has 0 amide bonds. The molecule has 0 spiro atoms. The van der Waals surface area contributed by atoms with Crippen molar-refractivity contribution in [2.24, 2.45) is 5.10 Å². The first-order chi connectivity index (χ1) is 13.6. The average Bonchev–Trinajstić information content (AvgIpc) is 3.12. The van der Waals surface area contributed by atoms with Gasteiger partial charge in [0.15, 0.2) is 5.11 Å². The van der Waals surface area contributed by atoms with Crippen LogP contribution in [0, 0.1) is 13.8 Å². The van der Waals surface area contributed by atoms with Crippen molar-refractivity contribution in [3.8, 4) is 5.75 Å². The molecule has 0 fully saturated rings. The summed E-state index contributed by atoms with van der Waals surface area (Å²) >= 11 is 5.31. The number of hydrogen-bond acceptors (Lipinski definition) is 3. The lowest BCUT2D eigenvalue weighted by molar-refractivity contribution is 0.417. The van der Waals surface area contributed by atoms with Crippen LogP contribution in [0.1, 0.15) is 22.4 Å². The van der Waals surface area contributed by atoms with Crippen molar-refractivity contribution in [3.63, 3.8) is 0 Å². The summed E-state index contributed by atoms with van der Waals surface area (Å²) in [4.78, 5) is 0. The molecule has 5 nitrogen and oxygen atoms in total. The lowest BCUT2D eigenvalue weighted by atomic mass is 10.1. The van der Waals surface area contributed by atoms with E-state index in [1.54, 1.807) is 13.3 Å². The molecule has 1 heterocycles. The Morgan fingerprint density at radius 2 is 1.96 bits per heavy atom. The van der Waals surface area contributed by atoms with Gasteiger partial charge in [-0.05, 0) is 61.5 Å². The number of rotatable bonds is 6. The molecule has 1 aromatic heterocycles. The molecule has 3 rings (SSSR count). The zero-order chi connectivity index (χ0) is 19.9. The molecule has 28 heavy (non-hydrogen) atoms. The number of aromatic nitrogens is 1. The lowest BCUT2D eigenvalue weighted by Gasteiger charge is -2.11. The van der Waals surface area contributed by atoms with Gasteiger partial charge in [0.25, 0.3) is 0 Å². The van der Waals surface area contributed by atoms with E-state index in [0.717, 1.165) is 23.7 Å². The highest BCUT2D eigenvalue weighted by Crippen LogP contribution is 2.22. The van der Waals surface area contributed by atoms with E-state index in [1.165, 1.54) is 16.7 Å². The number of nitrogens with zero attached hydrogens (tertiary/aromatic N) is 2. The molecule has 0 saturated carbocycles. The lowest BCUT2D eigenvalue weighted by Crippen LogP contribution is -2.24. The fourth-order valence-electron chi connectivity index (χ4n) is 2.90. The Morgan fingerprint density at radius 3 is 2.79 bits per heavy atom. The van der Waals surface area contributed by atoms with Gasteiger partial charge in [0, 0.05) is 12.7 Å². The fraction of sp³-hybridized carbons (Fsp3) is 0.182. The van der Waals surface area contributed by atoms with Crippen LogP contribution >= 0.6 is 12.2 Å². The molecule has 0 bridgehead atoms. The Morgan fingerprint density at radius 1 is 1.14 bits per heavy atom. The van der Waals surface area contributed by atoms with E-state index in [1.807, 2.05) is 36.4 Å². The van der Waals surface area contributed by atoms with Crippen molar-refractivity contribution in [2.75, 3.05) is 12.4 Å². The van der Waals surface area contributed by atoms with Gasteiger partial charge in [-0.15, -0.1) is 0 Å². The maximum Gasteiger partial charge on any atom is 0.191 e. The molecule has 2 N–H and O–H groups in total. The molecule has 0 atom stereocenters. The van der Waals surface area contributed by atoms with Crippen LogP contribution in [0.15, 0.2) is 65.9 Å². The van der Waals surface area contributed by atoms with E-state index < -0.39 is 0 Å². The zero-order valence-corrected chi connectivity index (χ0v) is 17.1. The summed E-state index contributed by atoms with van der Waals surface area (Å²) in [6.45, 7) is 5.04. The second-order valence-electron chi connectivity index (χ2n) is 6.52. The zero-order valence-electron chi connectivity index (χ0n) is 16.3. The maximum atomic E-state index is 5.31. The largest absolute Gasteiger partial charge is 0.495 e. The summed E-state index contributed by atoms with van der Waals surface area (Å²) in [5.74, 6) is 0.720. The highest BCUT2D eigenvalue weighted by Gasteiger charge is 2.05. The quantitative estimate of drug-likeness (QED) is 0.369. The van der Waals surface area contributed by atoms with E-state index in [2.05, 4.69) is 58.7 Å². The number of para-hydroxylation sites is 2. The van der Waals surface area contributed by atoms with E-state index in [0.29, 0.717) is 5.11 Å². The molecule has 2 aromatic carbocycles. The Bertz CT molecular complexity index is 994. The predicted molar refractivity (Wildman–Crippen MR) is 119 cm³/mol. The number of aryl methyl sites for hydroxylation is 2. The first kappa shape index (κ1) is 19.6. The van der Waals surface area contributed by atoms with Crippen LogP contribution in [0.2, 0.25) is 0 Å². The number of ether oxygens (including phenoxy) is 1. The molecule has 0 radical (unpaired) electrons. The Kier molecular flexibility index (Phi) is 6.45. The smallest absolute Gasteiger partial charge is 0.191 e. The van der Waals surface area contributed by atoms with Crippen LogP contribution < -0.4 is 15.5 Å². The number of benzene rings is 2. The Balaban J connectivity index is 1.63. The Labute approximate surface area is 171 Å². The minimum absolute atomic E-state index is 0.397. The second kappa shape index (κ2) is 9.19. The van der Waals surface area contributed by atoms with Gasteiger partial charge in [0.2, 0.25) is 0 Å². The number of nitrogens with one attached hydrogen (secondary N) is 2. The number of hydrogen-bond donors (Lipinski definition) is 2. The molecule has 0 aliphatic carbocycles. The van der Waals surface area contributed by atoms with E-state index in [-0.39, 0.29) is 0 Å². The van der Waals surface area contributed by atoms with Crippen molar-refractivity contribution in [1.82, 2.24) is 9.99 Å². The minimum Gasteiger partial charge on any atom is -0.495 e. The summed E-state index contributed by atoms with van der Waals surface area (Å²) in [5.41, 5.74) is 8.48. The molecule has 0 aliphatic heterocycles. The van der Waals surface area contributed by atoms with Gasteiger partial charge in [0.05, 0.1) is 24.7 Å². The number of anilines is 1. The number of hydrazone groups is 1. The standard InChI is InChI=1S/C22H24N4OS/c1-16-10-11-17(2)18(13-16)15-26-12-6-7-19(26)14-23-25-22(28)24-20-8-4-5-9-21(20)27-3/h4-14H,15H2,1-3H3,(H2,24,25,28)/b23-14+. The van der Waals surface area contributed by atoms with Gasteiger partial charge in [0.1, 0.15) is 5.75 Å². The van der Waals surface area contributed by atoms with E-state index in [4.69, 9.17) is 17.0 Å². The van der Waals surface area contributed by atoms with Crippen molar-refractivity contribution >= 4 is 29.2 Å². The van der Waals surface area contributed by atoms with E-state index >= 15 is 0 Å². The third-order valence-electron chi connectivity index (χ3n) is 4.43. The van der Waals surface area contributed by atoms with Crippen LogP contribution in [0.4, 0.5) is 5.69 Å². The van der Waals surface area contributed by atoms with Gasteiger partial charge in [-0.3, -0.25) is 5.43 Å². The fourth-order valence-corrected chi connectivity index (χ4v) is 3.06. The molecule has 144 valence electrons. The second-order valence-corrected chi connectivity index (χ2v) is 6.92. The molecule has 3 aromatic rings. The highest BCUT2D eigenvalue weighted by molar-refractivity contribution is 7.80. The third-order valence-corrected chi connectivity index (χ3v) is 4.62. The van der Waals surface area contributed by atoms with Gasteiger partial charge in [-0.2, -0.15) is 5.10 Å².